The van der Waals surface area contributed by atoms with E-state index in [-0.39, 0.29) is 23.8 Å². The van der Waals surface area contributed by atoms with Gasteiger partial charge < -0.3 is 10.2 Å². The normalized spacial score (nSPS) is 28.2. The van der Waals surface area contributed by atoms with Gasteiger partial charge in [-0.3, -0.25) is 14.5 Å². The van der Waals surface area contributed by atoms with E-state index < -0.39 is 11.6 Å². The van der Waals surface area contributed by atoms with Gasteiger partial charge in [-0.05, 0) is 44.4 Å². The van der Waals surface area contributed by atoms with Crippen LogP contribution >= 0.6 is 0 Å². The smallest absolute Gasteiger partial charge is 0.325 e. The maximum atomic E-state index is 13.0. The summed E-state index contributed by atoms with van der Waals surface area (Å²) < 4.78 is 0. The van der Waals surface area contributed by atoms with Crippen molar-refractivity contribution in [2.45, 2.75) is 59.4 Å². The van der Waals surface area contributed by atoms with E-state index in [2.05, 4.69) is 32.7 Å². The molecule has 4 amide bonds. The number of carbonyl (C=O) groups excluding carboxylic acids is 3. The van der Waals surface area contributed by atoms with Gasteiger partial charge in [0, 0.05) is 13.1 Å². The van der Waals surface area contributed by atoms with Gasteiger partial charge in [0.15, 0.2) is 0 Å². The van der Waals surface area contributed by atoms with Crippen molar-refractivity contribution in [3.8, 4) is 0 Å². The molecule has 2 rings (SSSR count). The molecule has 1 N–H and O–H groups in total. The third kappa shape index (κ3) is 4.05. The molecule has 0 radical (unpaired) electrons. The molecule has 0 aromatic heterocycles. The standard InChI is InChI=1S/C19H31N3O3/c1-7-21(10-13(2)3)15(23)11-22-16(24)19(20-17(22)25)9-14(4)8-18(5,6)12-19/h14H,2,7-12H2,1,3-6H3,(H,20,25). The summed E-state index contributed by atoms with van der Waals surface area (Å²) in [4.78, 5) is 40.7. The lowest BCUT2D eigenvalue weighted by atomic mass is 9.64. The van der Waals surface area contributed by atoms with Crippen LogP contribution in [-0.4, -0.2) is 52.8 Å². The number of rotatable bonds is 5. The molecule has 1 aliphatic carbocycles. The summed E-state index contributed by atoms with van der Waals surface area (Å²) in [6.07, 6.45) is 2.27. The van der Waals surface area contributed by atoms with Crippen LogP contribution in [0.1, 0.15) is 53.9 Å². The summed E-state index contributed by atoms with van der Waals surface area (Å²) >= 11 is 0. The number of likely N-dealkylation sites (N-methyl/N-ethyl adjacent to an activating group) is 1. The Labute approximate surface area is 150 Å². The van der Waals surface area contributed by atoms with Crippen LogP contribution in [0.4, 0.5) is 4.79 Å². The molecule has 2 fully saturated rings. The van der Waals surface area contributed by atoms with E-state index in [4.69, 9.17) is 0 Å². The minimum absolute atomic E-state index is 0.0178. The Hall–Kier alpha value is -1.85. The fourth-order valence-electron chi connectivity index (χ4n) is 4.59. The van der Waals surface area contributed by atoms with Gasteiger partial charge in [-0.25, -0.2) is 4.79 Å². The van der Waals surface area contributed by atoms with Crippen molar-refractivity contribution in [3.05, 3.63) is 12.2 Å². The molecule has 140 valence electrons. The molecule has 2 unspecified atom stereocenters. The Balaban J connectivity index is 2.16. The molecule has 1 aliphatic heterocycles. The average molecular weight is 349 g/mol. The van der Waals surface area contributed by atoms with Gasteiger partial charge in [0.05, 0.1) is 0 Å². The zero-order valence-electron chi connectivity index (χ0n) is 16.1. The molecular formula is C19H31N3O3. The minimum Gasteiger partial charge on any atom is -0.337 e. The number of hydrogen-bond donors (Lipinski definition) is 1. The van der Waals surface area contributed by atoms with Crippen molar-refractivity contribution in [1.82, 2.24) is 15.1 Å². The lowest BCUT2D eigenvalue weighted by Gasteiger charge is -2.43. The van der Waals surface area contributed by atoms with Crippen LogP contribution in [0, 0.1) is 11.3 Å². The Kier molecular flexibility index (Phi) is 5.30. The number of amides is 4. The number of hydrogen-bond acceptors (Lipinski definition) is 3. The van der Waals surface area contributed by atoms with Gasteiger partial charge in [-0.15, -0.1) is 0 Å². The summed E-state index contributed by atoms with van der Waals surface area (Å²) in [5, 5.41) is 2.91. The highest BCUT2D eigenvalue weighted by molar-refractivity contribution is 6.09. The second-order valence-electron chi connectivity index (χ2n) is 8.62. The molecule has 0 aromatic carbocycles. The SMILES string of the molecule is C=C(C)CN(CC)C(=O)CN1C(=O)NC2(CC(C)CC(C)(C)C2)C1=O. The highest BCUT2D eigenvalue weighted by Gasteiger charge is 2.56. The maximum Gasteiger partial charge on any atom is 0.325 e. The predicted octanol–water partition coefficient (Wildman–Crippen LogP) is 2.55. The first-order valence-electron chi connectivity index (χ1n) is 9.06. The number of urea groups is 1. The van der Waals surface area contributed by atoms with E-state index in [1.54, 1.807) is 4.90 Å². The molecule has 1 saturated carbocycles. The van der Waals surface area contributed by atoms with Crippen molar-refractivity contribution in [2.24, 2.45) is 11.3 Å². The first-order valence-corrected chi connectivity index (χ1v) is 9.06. The van der Waals surface area contributed by atoms with Gasteiger partial charge in [0.25, 0.3) is 5.91 Å². The van der Waals surface area contributed by atoms with Crippen LogP contribution in [-0.2, 0) is 9.59 Å². The van der Waals surface area contributed by atoms with Crippen LogP contribution in [0.15, 0.2) is 12.2 Å². The molecule has 1 spiro atoms. The lowest BCUT2D eigenvalue weighted by molar-refractivity contribution is -0.140. The van der Waals surface area contributed by atoms with E-state index in [1.165, 1.54) is 0 Å². The molecule has 6 heteroatoms. The van der Waals surface area contributed by atoms with Crippen LogP contribution < -0.4 is 5.32 Å². The van der Waals surface area contributed by atoms with Crippen molar-refractivity contribution in [2.75, 3.05) is 19.6 Å². The first kappa shape index (κ1) is 19.5. The van der Waals surface area contributed by atoms with Crippen molar-refractivity contribution >= 4 is 17.8 Å². The third-order valence-corrected chi connectivity index (χ3v) is 5.11. The zero-order chi connectivity index (χ0) is 19.0. The molecule has 1 heterocycles. The summed E-state index contributed by atoms with van der Waals surface area (Å²) in [5.41, 5.74) is -0.00770. The second-order valence-corrected chi connectivity index (χ2v) is 8.62. The zero-order valence-corrected chi connectivity index (χ0v) is 16.1. The highest BCUT2D eigenvalue weighted by Crippen LogP contribution is 2.46. The highest BCUT2D eigenvalue weighted by atomic mass is 16.2. The van der Waals surface area contributed by atoms with Gasteiger partial charge in [0.1, 0.15) is 12.1 Å². The van der Waals surface area contributed by atoms with Crippen LogP contribution in [0.3, 0.4) is 0 Å². The van der Waals surface area contributed by atoms with Crippen LogP contribution in [0.2, 0.25) is 0 Å². The van der Waals surface area contributed by atoms with E-state index in [0.717, 1.165) is 16.9 Å². The Morgan fingerprint density at radius 3 is 2.52 bits per heavy atom. The van der Waals surface area contributed by atoms with Gasteiger partial charge in [-0.2, -0.15) is 0 Å². The van der Waals surface area contributed by atoms with E-state index in [0.29, 0.717) is 31.8 Å². The fourth-order valence-corrected chi connectivity index (χ4v) is 4.59. The lowest BCUT2D eigenvalue weighted by Crippen LogP contribution is -2.54. The summed E-state index contributed by atoms with van der Waals surface area (Å²) in [7, 11) is 0. The number of imide groups is 1. The third-order valence-electron chi connectivity index (χ3n) is 5.11. The molecule has 0 bridgehead atoms. The monoisotopic (exact) mass is 349 g/mol. The minimum atomic E-state index is -0.857. The molecule has 2 atom stereocenters. The average Bonchev–Trinajstić information content (AvgIpc) is 2.65. The van der Waals surface area contributed by atoms with E-state index >= 15 is 0 Å². The first-order chi connectivity index (χ1) is 11.5. The molecular weight excluding hydrogens is 318 g/mol. The van der Waals surface area contributed by atoms with Gasteiger partial charge >= 0.3 is 6.03 Å². The Morgan fingerprint density at radius 1 is 1.36 bits per heavy atom. The fraction of sp³-hybridized carbons (Fsp3) is 0.737. The van der Waals surface area contributed by atoms with Crippen molar-refractivity contribution < 1.29 is 14.4 Å². The summed E-state index contributed by atoms with van der Waals surface area (Å²) in [6, 6.07) is -0.449. The molecule has 0 aromatic rings. The maximum absolute atomic E-state index is 13.0. The number of nitrogens with one attached hydrogen (secondary N) is 1. The number of nitrogens with zero attached hydrogens (tertiary/aromatic N) is 2. The molecule has 25 heavy (non-hydrogen) atoms. The topological polar surface area (TPSA) is 69.7 Å². The Morgan fingerprint density at radius 2 is 2.00 bits per heavy atom. The van der Waals surface area contributed by atoms with Crippen molar-refractivity contribution in [1.29, 1.82) is 0 Å². The number of carbonyl (C=O) groups is 3. The molecule has 2 aliphatic rings. The quantitative estimate of drug-likeness (QED) is 0.612. The van der Waals surface area contributed by atoms with Gasteiger partial charge in [-0.1, -0.05) is 32.9 Å². The second kappa shape index (κ2) is 6.81. The summed E-state index contributed by atoms with van der Waals surface area (Å²) in [5.74, 6) is -0.134. The largest absolute Gasteiger partial charge is 0.337 e. The Bertz CT molecular complexity index is 599. The predicted molar refractivity (Wildman–Crippen MR) is 96.8 cm³/mol. The molecule has 1 saturated heterocycles. The van der Waals surface area contributed by atoms with Crippen molar-refractivity contribution in [3.63, 3.8) is 0 Å². The van der Waals surface area contributed by atoms with Gasteiger partial charge in [0.2, 0.25) is 5.91 Å². The van der Waals surface area contributed by atoms with E-state index in [9.17, 15) is 14.4 Å². The van der Waals surface area contributed by atoms with E-state index in [1.807, 2.05) is 13.8 Å². The summed E-state index contributed by atoms with van der Waals surface area (Å²) in [6.45, 7) is 14.7. The van der Waals surface area contributed by atoms with Crippen LogP contribution in [0.25, 0.3) is 0 Å². The van der Waals surface area contributed by atoms with Crippen LogP contribution in [0.5, 0.6) is 0 Å². The molecule has 6 nitrogen and oxygen atoms in total.